The predicted octanol–water partition coefficient (Wildman–Crippen LogP) is 0.238. The van der Waals surface area contributed by atoms with Gasteiger partial charge in [-0.3, -0.25) is 19.9 Å². The van der Waals surface area contributed by atoms with Gasteiger partial charge in [-0.25, -0.2) is 5.84 Å². The van der Waals surface area contributed by atoms with Crippen LogP contribution < -0.4 is 11.3 Å². The number of aryl methyl sites for hydroxylation is 1. The number of hydrogen-bond acceptors (Lipinski definition) is 4. The van der Waals surface area contributed by atoms with Crippen LogP contribution >= 0.6 is 0 Å². The van der Waals surface area contributed by atoms with Crippen molar-refractivity contribution in [1.29, 1.82) is 0 Å². The summed E-state index contributed by atoms with van der Waals surface area (Å²) in [6.07, 6.45) is 3.38. The van der Waals surface area contributed by atoms with E-state index in [0.29, 0.717) is 12.1 Å². The topological polar surface area (TPSA) is 85.8 Å². The second-order valence-electron chi connectivity index (χ2n) is 3.67. The quantitative estimate of drug-likeness (QED) is 0.450. The Bertz CT molecular complexity index is 517. The van der Waals surface area contributed by atoms with Gasteiger partial charge in [-0.1, -0.05) is 0 Å². The Balaban J connectivity index is 2.10. The van der Waals surface area contributed by atoms with E-state index in [4.69, 9.17) is 5.84 Å². The first-order valence-electron chi connectivity index (χ1n) is 5.15. The highest BCUT2D eigenvalue weighted by molar-refractivity contribution is 5.93. The van der Waals surface area contributed by atoms with E-state index in [-0.39, 0.29) is 5.91 Å². The van der Waals surface area contributed by atoms with E-state index in [9.17, 15) is 4.79 Å². The maximum atomic E-state index is 11.2. The van der Waals surface area contributed by atoms with Gasteiger partial charge in [0, 0.05) is 12.4 Å². The standard InChI is InChI=1S/C11H13N5O/c1-8-4-5-16(15-8)7-10-3-2-9(6-13-10)11(17)14-12/h2-6H,7,12H2,1H3,(H,14,17). The van der Waals surface area contributed by atoms with E-state index in [1.54, 1.807) is 16.8 Å². The molecule has 0 fully saturated rings. The summed E-state index contributed by atoms with van der Waals surface area (Å²) in [5.74, 6) is 4.68. The van der Waals surface area contributed by atoms with Crippen molar-refractivity contribution in [1.82, 2.24) is 20.2 Å². The van der Waals surface area contributed by atoms with Crippen LogP contribution in [0.1, 0.15) is 21.7 Å². The van der Waals surface area contributed by atoms with Gasteiger partial charge in [0.05, 0.1) is 23.5 Å². The summed E-state index contributed by atoms with van der Waals surface area (Å²) < 4.78 is 1.79. The Hall–Kier alpha value is -2.21. The number of rotatable bonds is 3. The molecular weight excluding hydrogens is 218 g/mol. The molecule has 0 bridgehead atoms. The maximum absolute atomic E-state index is 11.2. The number of nitrogens with two attached hydrogens (primary N) is 1. The second kappa shape index (κ2) is 4.75. The van der Waals surface area contributed by atoms with Crippen molar-refractivity contribution in [2.75, 3.05) is 0 Å². The summed E-state index contributed by atoms with van der Waals surface area (Å²) in [6.45, 7) is 2.51. The number of carbonyl (C=O) groups excluding carboxylic acids is 1. The van der Waals surface area contributed by atoms with Gasteiger partial charge in [-0.15, -0.1) is 0 Å². The summed E-state index contributed by atoms with van der Waals surface area (Å²) >= 11 is 0. The number of nitrogens with one attached hydrogen (secondary N) is 1. The Morgan fingerprint density at radius 3 is 2.82 bits per heavy atom. The number of aromatic nitrogens is 3. The highest BCUT2D eigenvalue weighted by Crippen LogP contribution is 2.03. The molecule has 0 aromatic carbocycles. The first kappa shape index (κ1) is 11.3. The lowest BCUT2D eigenvalue weighted by atomic mass is 10.2. The van der Waals surface area contributed by atoms with E-state index in [2.05, 4.69) is 15.5 Å². The Labute approximate surface area is 98.4 Å². The SMILES string of the molecule is Cc1ccn(Cc2ccc(C(=O)NN)cn2)n1. The number of nitrogen functional groups attached to an aromatic ring is 1. The van der Waals surface area contributed by atoms with Gasteiger partial charge in [0.25, 0.3) is 5.91 Å². The van der Waals surface area contributed by atoms with E-state index >= 15 is 0 Å². The van der Waals surface area contributed by atoms with Crippen molar-refractivity contribution in [3.63, 3.8) is 0 Å². The third kappa shape index (κ3) is 2.67. The van der Waals surface area contributed by atoms with Crippen molar-refractivity contribution in [3.05, 3.63) is 47.5 Å². The Morgan fingerprint density at radius 2 is 2.29 bits per heavy atom. The van der Waals surface area contributed by atoms with Crippen LogP contribution in [-0.4, -0.2) is 20.7 Å². The second-order valence-corrected chi connectivity index (χ2v) is 3.67. The molecule has 1 amide bonds. The van der Waals surface area contributed by atoms with Crippen LogP contribution in [-0.2, 0) is 6.54 Å². The van der Waals surface area contributed by atoms with Gasteiger partial charge in [0.2, 0.25) is 0 Å². The molecule has 0 spiro atoms. The minimum atomic E-state index is -0.348. The molecule has 0 aliphatic carbocycles. The molecule has 88 valence electrons. The zero-order chi connectivity index (χ0) is 12.3. The lowest BCUT2D eigenvalue weighted by molar-refractivity contribution is 0.0953. The van der Waals surface area contributed by atoms with Gasteiger partial charge >= 0.3 is 0 Å². The van der Waals surface area contributed by atoms with Crippen molar-refractivity contribution in [2.45, 2.75) is 13.5 Å². The number of nitrogens with zero attached hydrogens (tertiary/aromatic N) is 3. The van der Waals surface area contributed by atoms with Gasteiger partial charge in [0.1, 0.15) is 0 Å². The Morgan fingerprint density at radius 1 is 1.47 bits per heavy atom. The third-order valence-corrected chi connectivity index (χ3v) is 2.32. The molecular formula is C11H13N5O. The third-order valence-electron chi connectivity index (χ3n) is 2.32. The zero-order valence-corrected chi connectivity index (χ0v) is 9.42. The summed E-state index contributed by atoms with van der Waals surface area (Å²) in [7, 11) is 0. The van der Waals surface area contributed by atoms with Crippen LogP contribution in [0.4, 0.5) is 0 Å². The molecule has 2 aromatic rings. The monoisotopic (exact) mass is 231 g/mol. The molecule has 0 aliphatic rings. The van der Waals surface area contributed by atoms with Gasteiger partial charge in [-0.05, 0) is 25.1 Å². The molecule has 0 saturated heterocycles. The minimum Gasteiger partial charge on any atom is -0.290 e. The summed E-state index contributed by atoms with van der Waals surface area (Å²) in [5, 5.41) is 4.26. The fourth-order valence-corrected chi connectivity index (χ4v) is 1.45. The van der Waals surface area contributed by atoms with Crippen molar-refractivity contribution >= 4 is 5.91 Å². The van der Waals surface area contributed by atoms with E-state index in [1.165, 1.54) is 6.20 Å². The number of hydrogen-bond donors (Lipinski definition) is 2. The molecule has 0 atom stereocenters. The first-order chi connectivity index (χ1) is 8.19. The van der Waals surface area contributed by atoms with Gasteiger partial charge in [0.15, 0.2) is 0 Å². The number of carbonyl (C=O) groups is 1. The van der Waals surface area contributed by atoms with Crippen molar-refractivity contribution in [3.8, 4) is 0 Å². The highest BCUT2D eigenvalue weighted by atomic mass is 16.2. The normalized spacial score (nSPS) is 10.2. The molecule has 2 rings (SSSR count). The smallest absolute Gasteiger partial charge is 0.266 e. The lowest BCUT2D eigenvalue weighted by Crippen LogP contribution is -2.30. The fourth-order valence-electron chi connectivity index (χ4n) is 1.45. The van der Waals surface area contributed by atoms with Crippen LogP contribution in [0.2, 0.25) is 0 Å². The van der Waals surface area contributed by atoms with Crippen LogP contribution in [0, 0.1) is 6.92 Å². The molecule has 6 heteroatoms. The molecule has 0 unspecified atom stereocenters. The van der Waals surface area contributed by atoms with Crippen LogP contribution in [0.3, 0.4) is 0 Å². The predicted molar refractivity (Wildman–Crippen MR) is 62.0 cm³/mol. The molecule has 2 heterocycles. The summed E-state index contributed by atoms with van der Waals surface area (Å²) in [5.41, 5.74) is 4.29. The average Bonchev–Trinajstić information content (AvgIpc) is 2.75. The first-order valence-corrected chi connectivity index (χ1v) is 5.15. The van der Waals surface area contributed by atoms with E-state index < -0.39 is 0 Å². The molecule has 0 aliphatic heterocycles. The number of hydrazine groups is 1. The van der Waals surface area contributed by atoms with Crippen LogP contribution in [0.15, 0.2) is 30.6 Å². The number of pyridine rings is 1. The van der Waals surface area contributed by atoms with Crippen LogP contribution in [0.25, 0.3) is 0 Å². The largest absolute Gasteiger partial charge is 0.290 e. The molecule has 0 radical (unpaired) electrons. The Kier molecular flexibility index (Phi) is 3.15. The van der Waals surface area contributed by atoms with Gasteiger partial charge < -0.3 is 0 Å². The molecule has 17 heavy (non-hydrogen) atoms. The highest BCUT2D eigenvalue weighted by Gasteiger charge is 2.04. The van der Waals surface area contributed by atoms with Crippen LogP contribution in [0.5, 0.6) is 0 Å². The van der Waals surface area contributed by atoms with Gasteiger partial charge in [-0.2, -0.15) is 5.10 Å². The average molecular weight is 231 g/mol. The molecule has 3 N–H and O–H groups in total. The molecule has 2 aromatic heterocycles. The maximum Gasteiger partial charge on any atom is 0.266 e. The van der Waals surface area contributed by atoms with Crippen molar-refractivity contribution < 1.29 is 4.79 Å². The van der Waals surface area contributed by atoms with E-state index in [0.717, 1.165) is 11.4 Å². The molecule has 6 nitrogen and oxygen atoms in total. The van der Waals surface area contributed by atoms with Crippen molar-refractivity contribution in [2.24, 2.45) is 5.84 Å². The zero-order valence-electron chi connectivity index (χ0n) is 9.42. The minimum absolute atomic E-state index is 0.348. The van der Waals surface area contributed by atoms with E-state index in [1.807, 2.05) is 19.2 Å². The molecule has 0 saturated carbocycles. The summed E-state index contributed by atoms with van der Waals surface area (Å²) in [4.78, 5) is 15.4. The summed E-state index contributed by atoms with van der Waals surface area (Å²) in [6, 6.07) is 5.39. The lowest BCUT2D eigenvalue weighted by Gasteiger charge is -2.03. The fraction of sp³-hybridized carbons (Fsp3) is 0.182. The number of amides is 1.